The lowest BCUT2D eigenvalue weighted by atomic mass is 9.97. The highest BCUT2D eigenvalue weighted by Crippen LogP contribution is 2.28. The number of carbonyl (C=O) groups is 2. The number of aryl methyl sites for hydroxylation is 1. The van der Waals surface area contributed by atoms with Gasteiger partial charge < -0.3 is 0 Å². The van der Waals surface area contributed by atoms with Crippen molar-refractivity contribution >= 4 is 29.2 Å². The first-order valence-electron chi connectivity index (χ1n) is 7.08. The molecule has 0 unspecified atom stereocenters. The molecule has 0 saturated carbocycles. The van der Waals surface area contributed by atoms with Crippen molar-refractivity contribution in [3.05, 3.63) is 58.7 Å². The molecule has 0 radical (unpaired) electrons. The molecule has 0 bridgehead atoms. The number of imide groups is 1. The van der Waals surface area contributed by atoms with Gasteiger partial charge in [0.05, 0.1) is 10.9 Å². The number of nitrogens with zero attached hydrogens (tertiary/aromatic N) is 2. The molecule has 1 atom stereocenters. The van der Waals surface area contributed by atoms with Crippen LogP contribution in [0.2, 0.25) is 5.02 Å². The second-order valence-electron chi connectivity index (χ2n) is 5.50. The van der Waals surface area contributed by atoms with Gasteiger partial charge in [-0.25, -0.2) is 9.88 Å². The van der Waals surface area contributed by atoms with Gasteiger partial charge in [-0.15, -0.1) is 0 Å². The van der Waals surface area contributed by atoms with Crippen LogP contribution in [0.1, 0.15) is 17.5 Å². The zero-order valence-electron chi connectivity index (χ0n) is 12.1. The van der Waals surface area contributed by atoms with Gasteiger partial charge in [0.2, 0.25) is 11.8 Å². The van der Waals surface area contributed by atoms with E-state index in [0.29, 0.717) is 17.3 Å². The normalized spacial score (nSPS) is 18.1. The Morgan fingerprint density at radius 2 is 2.09 bits per heavy atom. The van der Waals surface area contributed by atoms with E-state index in [9.17, 15) is 9.59 Å². The number of hydrogen-bond donors (Lipinski definition) is 0. The summed E-state index contributed by atoms with van der Waals surface area (Å²) in [6.07, 6.45) is 2.22. The van der Waals surface area contributed by atoms with Gasteiger partial charge in [-0.05, 0) is 31.0 Å². The van der Waals surface area contributed by atoms with E-state index in [1.807, 2.05) is 31.2 Å². The smallest absolute Gasteiger partial charge is 0.238 e. The van der Waals surface area contributed by atoms with Crippen LogP contribution in [0.25, 0.3) is 0 Å². The maximum Gasteiger partial charge on any atom is 0.238 e. The molecule has 22 heavy (non-hydrogen) atoms. The number of halogens is 1. The Bertz CT molecular complexity index is 728. The lowest BCUT2D eigenvalue weighted by Gasteiger charge is -2.14. The van der Waals surface area contributed by atoms with Crippen LogP contribution in [0.3, 0.4) is 0 Å². The summed E-state index contributed by atoms with van der Waals surface area (Å²) >= 11 is 5.79. The summed E-state index contributed by atoms with van der Waals surface area (Å²) in [5.74, 6) is -0.392. The molecule has 1 saturated heterocycles. The summed E-state index contributed by atoms with van der Waals surface area (Å²) in [5.41, 5.74) is 2.21. The minimum absolute atomic E-state index is 0.193. The maximum absolute atomic E-state index is 12.5. The Balaban J connectivity index is 1.81. The largest absolute Gasteiger partial charge is 0.274 e. The number of carbonyl (C=O) groups excluding carboxylic acids is 2. The van der Waals surface area contributed by atoms with E-state index in [1.54, 1.807) is 12.1 Å². The van der Waals surface area contributed by atoms with Gasteiger partial charge in [0, 0.05) is 12.6 Å². The number of rotatable bonds is 3. The van der Waals surface area contributed by atoms with Crippen LogP contribution in [0.4, 0.5) is 5.82 Å². The predicted molar refractivity (Wildman–Crippen MR) is 84.7 cm³/mol. The molecule has 0 spiro atoms. The van der Waals surface area contributed by atoms with E-state index in [-0.39, 0.29) is 24.2 Å². The Hall–Kier alpha value is -2.20. The summed E-state index contributed by atoms with van der Waals surface area (Å²) in [5, 5.41) is 0.471. The number of benzene rings is 1. The molecular formula is C17H15ClN2O2. The molecule has 2 heterocycles. The number of hydrogen-bond acceptors (Lipinski definition) is 3. The van der Waals surface area contributed by atoms with E-state index in [1.165, 1.54) is 6.20 Å². The lowest BCUT2D eigenvalue weighted by molar-refractivity contribution is -0.122. The van der Waals surface area contributed by atoms with Crippen molar-refractivity contribution in [3.63, 3.8) is 0 Å². The van der Waals surface area contributed by atoms with Crippen molar-refractivity contribution in [2.24, 2.45) is 5.92 Å². The predicted octanol–water partition coefficient (Wildman–Crippen LogP) is 3.17. The van der Waals surface area contributed by atoms with Crippen LogP contribution in [-0.2, 0) is 16.0 Å². The summed E-state index contributed by atoms with van der Waals surface area (Å²) in [4.78, 5) is 29.9. The molecule has 5 heteroatoms. The number of amides is 2. The highest BCUT2D eigenvalue weighted by Gasteiger charge is 2.39. The fourth-order valence-electron chi connectivity index (χ4n) is 2.72. The Labute approximate surface area is 133 Å². The summed E-state index contributed by atoms with van der Waals surface area (Å²) < 4.78 is 0. The molecule has 2 amide bonds. The first kappa shape index (κ1) is 14.7. The highest BCUT2D eigenvalue weighted by atomic mass is 35.5. The second-order valence-corrected chi connectivity index (χ2v) is 5.93. The second kappa shape index (κ2) is 5.89. The molecule has 2 aromatic rings. The van der Waals surface area contributed by atoms with Crippen LogP contribution >= 0.6 is 11.6 Å². The van der Waals surface area contributed by atoms with Crippen LogP contribution in [0.15, 0.2) is 42.6 Å². The zero-order chi connectivity index (χ0) is 15.7. The minimum Gasteiger partial charge on any atom is -0.274 e. The summed E-state index contributed by atoms with van der Waals surface area (Å²) in [6.45, 7) is 2.01. The third-order valence-electron chi connectivity index (χ3n) is 3.75. The molecule has 4 nitrogen and oxygen atoms in total. The van der Waals surface area contributed by atoms with Gasteiger partial charge >= 0.3 is 0 Å². The van der Waals surface area contributed by atoms with Gasteiger partial charge in [-0.2, -0.15) is 0 Å². The molecule has 1 aliphatic rings. The third kappa shape index (κ3) is 2.88. The minimum atomic E-state index is -0.327. The Morgan fingerprint density at radius 3 is 2.77 bits per heavy atom. The van der Waals surface area contributed by atoms with E-state index in [2.05, 4.69) is 4.98 Å². The highest BCUT2D eigenvalue weighted by molar-refractivity contribution is 6.30. The Morgan fingerprint density at radius 1 is 1.27 bits per heavy atom. The van der Waals surface area contributed by atoms with Crippen molar-refractivity contribution in [2.75, 3.05) is 4.90 Å². The lowest BCUT2D eigenvalue weighted by Crippen LogP contribution is -2.31. The van der Waals surface area contributed by atoms with Crippen LogP contribution < -0.4 is 4.90 Å². The van der Waals surface area contributed by atoms with Crippen molar-refractivity contribution in [2.45, 2.75) is 19.8 Å². The van der Waals surface area contributed by atoms with Gasteiger partial charge in [0.1, 0.15) is 5.82 Å². The maximum atomic E-state index is 12.5. The molecule has 3 rings (SSSR count). The average Bonchev–Trinajstić information content (AvgIpc) is 2.75. The topological polar surface area (TPSA) is 50.3 Å². The Kier molecular flexibility index (Phi) is 3.94. The van der Waals surface area contributed by atoms with Crippen LogP contribution in [0, 0.1) is 12.8 Å². The number of anilines is 1. The van der Waals surface area contributed by atoms with Gasteiger partial charge in [-0.1, -0.05) is 41.4 Å². The molecule has 1 aromatic carbocycles. The first-order chi connectivity index (χ1) is 10.5. The molecule has 1 aliphatic heterocycles. The third-order valence-corrected chi connectivity index (χ3v) is 3.97. The monoisotopic (exact) mass is 314 g/mol. The SMILES string of the molecule is Cc1cccc(C[C@@H]2CC(=O)N(c3ccc(Cl)cn3)C2=O)c1. The van der Waals surface area contributed by atoms with Crippen LogP contribution in [0.5, 0.6) is 0 Å². The molecule has 1 aromatic heterocycles. The van der Waals surface area contributed by atoms with Gasteiger partial charge in [0.25, 0.3) is 0 Å². The molecule has 112 valence electrons. The quantitative estimate of drug-likeness (QED) is 0.818. The average molecular weight is 315 g/mol. The zero-order valence-corrected chi connectivity index (χ0v) is 12.9. The number of aromatic nitrogens is 1. The van der Waals surface area contributed by atoms with E-state index >= 15 is 0 Å². The molecular weight excluding hydrogens is 300 g/mol. The van der Waals surface area contributed by atoms with Gasteiger partial charge in [-0.3, -0.25) is 9.59 Å². The summed E-state index contributed by atoms with van der Waals surface area (Å²) in [7, 11) is 0. The molecule has 1 fully saturated rings. The van der Waals surface area contributed by atoms with Crippen molar-refractivity contribution in [1.82, 2.24) is 4.98 Å². The van der Waals surface area contributed by atoms with E-state index in [4.69, 9.17) is 11.6 Å². The molecule has 0 N–H and O–H groups in total. The first-order valence-corrected chi connectivity index (χ1v) is 7.46. The fourth-order valence-corrected chi connectivity index (χ4v) is 2.83. The standard InChI is InChI=1S/C17H15ClN2O2/c1-11-3-2-4-12(7-11)8-13-9-16(21)20(17(13)22)15-6-5-14(18)10-19-15/h2-7,10,13H,8-9H2,1H3/t13-/m1/s1. The van der Waals surface area contributed by atoms with Crippen molar-refractivity contribution < 1.29 is 9.59 Å². The van der Waals surface area contributed by atoms with Gasteiger partial charge in [0.15, 0.2) is 0 Å². The van der Waals surface area contributed by atoms with Crippen molar-refractivity contribution in [3.8, 4) is 0 Å². The molecule has 0 aliphatic carbocycles. The number of pyridine rings is 1. The van der Waals surface area contributed by atoms with Crippen LogP contribution in [-0.4, -0.2) is 16.8 Å². The van der Waals surface area contributed by atoms with E-state index < -0.39 is 0 Å². The summed E-state index contributed by atoms with van der Waals surface area (Å²) in [6, 6.07) is 11.2. The van der Waals surface area contributed by atoms with E-state index in [0.717, 1.165) is 16.0 Å². The fraction of sp³-hybridized carbons (Fsp3) is 0.235. The van der Waals surface area contributed by atoms with Crippen molar-refractivity contribution in [1.29, 1.82) is 0 Å².